The van der Waals surface area contributed by atoms with E-state index in [1.54, 1.807) is 9.21 Å². The largest absolute Gasteiger partial charge is 0.379 e. The second kappa shape index (κ2) is 8.68. The molecule has 2 heterocycles. The highest BCUT2D eigenvalue weighted by atomic mass is 32.2. The lowest BCUT2D eigenvalue weighted by molar-refractivity contribution is 0.0353. The molecule has 7 nitrogen and oxygen atoms in total. The molecule has 150 valence electrons. The summed E-state index contributed by atoms with van der Waals surface area (Å²) in [6.45, 7) is 7.20. The summed E-state index contributed by atoms with van der Waals surface area (Å²) in [5.74, 6) is -0.0252. The number of rotatable bonds is 6. The molecule has 2 fully saturated rings. The van der Waals surface area contributed by atoms with E-state index < -0.39 is 10.0 Å². The average Bonchev–Trinajstić information content (AvgIpc) is 3.10. The van der Waals surface area contributed by atoms with Gasteiger partial charge in [0, 0.05) is 50.9 Å². The first-order valence-electron chi connectivity index (χ1n) is 9.47. The number of hydrogen-bond donors (Lipinski definition) is 0. The summed E-state index contributed by atoms with van der Waals surface area (Å²) < 4.78 is 31.6. The van der Waals surface area contributed by atoms with Crippen LogP contribution in [-0.2, 0) is 14.8 Å². The summed E-state index contributed by atoms with van der Waals surface area (Å²) in [6, 6.07) is 7.37. The van der Waals surface area contributed by atoms with E-state index in [1.807, 2.05) is 31.2 Å². The van der Waals surface area contributed by atoms with E-state index >= 15 is 0 Å². The van der Waals surface area contributed by atoms with E-state index in [-0.39, 0.29) is 11.9 Å². The molecule has 1 unspecified atom stereocenters. The van der Waals surface area contributed by atoms with Gasteiger partial charge in [0.1, 0.15) is 0 Å². The Morgan fingerprint density at radius 1 is 1.26 bits per heavy atom. The Hall–Kier alpha value is -1.48. The number of ether oxygens (including phenoxy) is 1. The number of hydrogen-bond acceptors (Lipinski definition) is 5. The van der Waals surface area contributed by atoms with Crippen LogP contribution in [0.3, 0.4) is 0 Å². The predicted molar refractivity (Wildman–Crippen MR) is 104 cm³/mol. The van der Waals surface area contributed by atoms with Gasteiger partial charge in [-0.2, -0.15) is 4.31 Å². The lowest BCUT2D eigenvalue weighted by atomic mass is 10.1. The summed E-state index contributed by atoms with van der Waals surface area (Å²) in [6.07, 6.45) is 1.94. The molecule has 0 spiro atoms. The molecule has 8 heteroatoms. The number of carbonyl (C=O) groups excluding carboxylic acids is 1. The van der Waals surface area contributed by atoms with Crippen molar-refractivity contribution >= 4 is 15.9 Å². The third-order valence-corrected chi connectivity index (χ3v) is 6.62. The van der Waals surface area contributed by atoms with Crippen LogP contribution in [0.4, 0.5) is 0 Å². The lowest BCUT2D eigenvalue weighted by Crippen LogP contribution is -2.47. The number of morpholine rings is 1. The van der Waals surface area contributed by atoms with Gasteiger partial charge < -0.3 is 9.64 Å². The van der Waals surface area contributed by atoms with Gasteiger partial charge in [0.15, 0.2) is 0 Å². The third-order valence-electron chi connectivity index (χ3n) is 5.29. The van der Waals surface area contributed by atoms with Crippen LogP contribution in [0.15, 0.2) is 24.3 Å². The fraction of sp³-hybridized carbons (Fsp3) is 0.632. The van der Waals surface area contributed by atoms with Gasteiger partial charge >= 0.3 is 0 Å². The Morgan fingerprint density at radius 2 is 2.00 bits per heavy atom. The highest BCUT2D eigenvalue weighted by molar-refractivity contribution is 7.88. The van der Waals surface area contributed by atoms with Crippen molar-refractivity contribution in [1.29, 1.82) is 0 Å². The molecule has 3 rings (SSSR count). The maximum atomic E-state index is 12.8. The SMILES string of the molecule is Cc1cccc(C(=O)N2CCC(N(CCN3CCOCC3)S(C)(=O)=O)C2)c1. The van der Waals surface area contributed by atoms with Crippen LogP contribution in [0.5, 0.6) is 0 Å². The van der Waals surface area contributed by atoms with Crippen molar-refractivity contribution in [2.75, 3.05) is 58.7 Å². The molecule has 0 bridgehead atoms. The molecule has 1 aromatic carbocycles. The average molecular weight is 396 g/mol. The standard InChI is InChI=1S/C19H29N3O4S/c1-16-4-3-5-17(14-16)19(23)21-7-6-18(15-21)22(27(2,24)25)9-8-20-10-12-26-13-11-20/h3-5,14,18H,6-13,15H2,1-2H3. The first kappa shape index (κ1) is 20.3. The van der Waals surface area contributed by atoms with Crippen molar-refractivity contribution in [2.45, 2.75) is 19.4 Å². The number of likely N-dealkylation sites (tertiary alicyclic amines) is 1. The summed E-state index contributed by atoms with van der Waals surface area (Å²) in [5, 5.41) is 0. The van der Waals surface area contributed by atoms with Gasteiger partial charge in [0.05, 0.1) is 19.5 Å². The van der Waals surface area contributed by atoms with Crippen LogP contribution >= 0.6 is 0 Å². The maximum Gasteiger partial charge on any atom is 0.253 e. The molecule has 27 heavy (non-hydrogen) atoms. The molecular weight excluding hydrogens is 366 g/mol. The van der Waals surface area contributed by atoms with Crippen molar-refractivity contribution in [1.82, 2.24) is 14.1 Å². The summed E-state index contributed by atoms with van der Waals surface area (Å²) in [4.78, 5) is 16.8. The third kappa shape index (κ3) is 5.28. The number of aryl methyl sites for hydroxylation is 1. The van der Waals surface area contributed by atoms with Crippen LogP contribution in [0.2, 0.25) is 0 Å². The monoisotopic (exact) mass is 395 g/mol. The van der Waals surface area contributed by atoms with Crippen molar-refractivity contribution in [2.24, 2.45) is 0 Å². The zero-order valence-corrected chi connectivity index (χ0v) is 17.0. The van der Waals surface area contributed by atoms with Gasteiger partial charge in [-0.25, -0.2) is 8.42 Å². The number of carbonyl (C=O) groups is 1. The van der Waals surface area contributed by atoms with Gasteiger partial charge in [-0.15, -0.1) is 0 Å². The Morgan fingerprint density at radius 3 is 2.67 bits per heavy atom. The topological polar surface area (TPSA) is 70.2 Å². The first-order chi connectivity index (χ1) is 12.8. The summed E-state index contributed by atoms with van der Waals surface area (Å²) in [7, 11) is -3.33. The van der Waals surface area contributed by atoms with Crippen molar-refractivity contribution < 1.29 is 17.9 Å². The van der Waals surface area contributed by atoms with Gasteiger partial charge in [0.2, 0.25) is 10.0 Å². The smallest absolute Gasteiger partial charge is 0.253 e. The molecule has 2 saturated heterocycles. The molecule has 0 radical (unpaired) electrons. The van der Waals surface area contributed by atoms with Crippen LogP contribution in [0.25, 0.3) is 0 Å². The Bertz CT molecular complexity index is 762. The van der Waals surface area contributed by atoms with Crippen molar-refractivity contribution in [3.8, 4) is 0 Å². The molecule has 0 aliphatic carbocycles. The van der Waals surface area contributed by atoms with E-state index in [4.69, 9.17) is 4.74 Å². The molecule has 1 atom stereocenters. The van der Waals surface area contributed by atoms with E-state index in [0.29, 0.717) is 51.4 Å². The van der Waals surface area contributed by atoms with Gasteiger partial charge in [0.25, 0.3) is 5.91 Å². The summed E-state index contributed by atoms with van der Waals surface area (Å²) in [5.41, 5.74) is 1.70. The Kier molecular flexibility index (Phi) is 6.52. The van der Waals surface area contributed by atoms with E-state index in [9.17, 15) is 13.2 Å². The lowest BCUT2D eigenvalue weighted by Gasteiger charge is -2.31. The minimum absolute atomic E-state index is 0.0252. The van der Waals surface area contributed by atoms with E-state index in [1.165, 1.54) is 6.26 Å². The number of amides is 1. The molecule has 2 aliphatic rings. The zero-order chi connectivity index (χ0) is 19.4. The molecule has 1 aromatic rings. The Balaban J connectivity index is 1.63. The number of nitrogens with zero attached hydrogens (tertiary/aromatic N) is 3. The van der Waals surface area contributed by atoms with Crippen molar-refractivity contribution in [3.05, 3.63) is 35.4 Å². The first-order valence-corrected chi connectivity index (χ1v) is 11.3. The highest BCUT2D eigenvalue weighted by Gasteiger charge is 2.35. The van der Waals surface area contributed by atoms with Gasteiger partial charge in [-0.05, 0) is 25.5 Å². The minimum atomic E-state index is -3.33. The quantitative estimate of drug-likeness (QED) is 0.713. The van der Waals surface area contributed by atoms with Crippen LogP contribution in [0, 0.1) is 6.92 Å². The molecule has 0 N–H and O–H groups in total. The van der Waals surface area contributed by atoms with Crippen LogP contribution in [-0.4, -0.2) is 93.2 Å². The van der Waals surface area contributed by atoms with Gasteiger partial charge in [-0.3, -0.25) is 9.69 Å². The van der Waals surface area contributed by atoms with Crippen molar-refractivity contribution in [3.63, 3.8) is 0 Å². The Labute approximate surface area is 161 Å². The fourth-order valence-corrected chi connectivity index (χ4v) is 4.93. The molecule has 0 saturated carbocycles. The number of sulfonamides is 1. The minimum Gasteiger partial charge on any atom is -0.379 e. The normalized spacial score (nSPS) is 21.7. The van der Waals surface area contributed by atoms with Crippen LogP contribution < -0.4 is 0 Å². The highest BCUT2D eigenvalue weighted by Crippen LogP contribution is 2.21. The maximum absolute atomic E-state index is 12.8. The number of benzene rings is 1. The molecule has 1 amide bonds. The van der Waals surface area contributed by atoms with Crippen LogP contribution in [0.1, 0.15) is 22.3 Å². The second-order valence-corrected chi connectivity index (χ2v) is 9.33. The van der Waals surface area contributed by atoms with E-state index in [2.05, 4.69) is 4.90 Å². The predicted octanol–water partition coefficient (Wildman–Crippen LogP) is 0.803. The zero-order valence-electron chi connectivity index (χ0n) is 16.1. The van der Waals surface area contributed by atoms with Gasteiger partial charge in [-0.1, -0.05) is 17.7 Å². The van der Waals surface area contributed by atoms with E-state index in [0.717, 1.165) is 18.7 Å². The summed E-state index contributed by atoms with van der Waals surface area (Å²) >= 11 is 0. The molecule has 0 aromatic heterocycles. The second-order valence-electron chi connectivity index (χ2n) is 7.39. The molecule has 2 aliphatic heterocycles. The molecular formula is C19H29N3O4S. The fourth-order valence-electron chi connectivity index (χ4n) is 3.81.